The summed E-state index contributed by atoms with van der Waals surface area (Å²) in [4.78, 5) is 7.70. The first kappa shape index (κ1) is 18.2. The van der Waals surface area contributed by atoms with Gasteiger partial charge in [0, 0.05) is 30.1 Å². The fourth-order valence-corrected chi connectivity index (χ4v) is 1.22. The van der Waals surface area contributed by atoms with E-state index in [1.807, 2.05) is 4.72 Å². The Hall–Kier alpha value is -0.810. The van der Waals surface area contributed by atoms with Gasteiger partial charge in [0.25, 0.3) is 0 Å². The molecule has 0 aromatic carbocycles. The van der Waals surface area contributed by atoms with Gasteiger partial charge in [0.05, 0.1) is 6.26 Å². The zero-order valence-corrected chi connectivity index (χ0v) is 13.1. The fourth-order valence-electron chi connectivity index (χ4n) is 0.713. The smallest absolute Gasteiger partial charge is 0.240 e. The summed E-state index contributed by atoms with van der Waals surface area (Å²) in [6.07, 6.45) is 2.55. The van der Waals surface area contributed by atoms with Gasteiger partial charge < -0.3 is 4.55 Å². The molecular formula is C8H14ClN4O4S2-. The monoisotopic (exact) mass is 329 g/mol. The number of nitrogens with one attached hydrogen (secondary N) is 1. The molecule has 1 aromatic rings. The van der Waals surface area contributed by atoms with Gasteiger partial charge in [0.15, 0.2) is 0 Å². The molecule has 1 N–H and O–H groups in total. The van der Waals surface area contributed by atoms with Crippen LogP contribution in [0.5, 0.6) is 0 Å². The summed E-state index contributed by atoms with van der Waals surface area (Å²) >= 11 is 3.66. The number of nitrogens with zero attached hydrogens (tertiary/aromatic N) is 3. The van der Waals surface area contributed by atoms with Gasteiger partial charge in [-0.1, -0.05) is 11.6 Å². The van der Waals surface area contributed by atoms with Crippen molar-refractivity contribution in [1.29, 1.82) is 0 Å². The number of anilines is 1. The Labute approximate surface area is 119 Å². The molecule has 1 unspecified atom stereocenters. The third-order valence-corrected chi connectivity index (χ3v) is 3.72. The van der Waals surface area contributed by atoms with E-state index < -0.39 is 21.3 Å². The van der Waals surface area contributed by atoms with Crippen molar-refractivity contribution >= 4 is 38.8 Å². The van der Waals surface area contributed by atoms with Crippen molar-refractivity contribution in [2.24, 2.45) is 0 Å². The van der Waals surface area contributed by atoms with E-state index in [1.165, 1.54) is 20.3 Å². The van der Waals surface area contributed by atoms with Crippen molar-refractivity contribution < 1.29 is 17.2 Å². The lowest BCUT2D eigenvalue weighted by Crippen LogP contribution is -2.26. The number of sulfonamides is 1. The average molecular weight is 330 g/mol. The van der Waals surface area contributed by atoms with Crippen LogP contribution in [0.25, 0.3) is 0 Å². The highest BCUT2D eigenvalue weighted by atomic mass is 35.5. The van der Waals surface area contributed by atoms with Crippen LogP contribution in [0.1, 0.15) is 5.56 Å². The predicted octanol–water partition coefficient (Wildman–Crippen LogP) is -0.166. The molecule has 1 heterocycles. The first-order chi connectivity index (χ1) is 8.59. The molecule has 0 saturated heterocycles. The zero-order chi connectivity index (χ0) is 15.2. The van der Waals surface area contributed by atoms with Crippen molar-refractivity contribution in [3.05, 3.63) is 16.9 Å². The summed E-state index contributed by atoms with van der Waals surface area (Å²) in [5.74, 6) is 0.0723. The molecule has 0 bridgehead atoms. The minimum atomic E-state index is -3.34. The van der Waals surface area contributed by atoms with Crippen molar-refractivity contribution in [2.75, 3.05) is 24.7 Å². The van der Waals surface area contributed by atoms with Crippen molar-refractivity contribution in [3.8, 4) is 0 Å². The van der Waals surface area contributed by atoms with Crippen LogP contribution < -0.4 is 9.03 Å². The maximum absolute atomic E-state index is 11.1. The molecule has 0 aliphatic rings. The summed E-state index contributed by atoms with van der Waals surface area (Å²) in [7, 11) is -0.628. The van der Waals surface area contributed by atoms with Gasteiger partial charge in [-0.2, -0.15) is 4.98 Å². The Bertz CT molecular complexity index is 552. The number of aryl methyl sites for hydroxylation is 1. The molecule has 0 radical (unpaired) electrons. The molecule has 0 fully saturated rings. The van der Waals surface area contributed by atoms with Crippen LogP contribution in [0.4, 0.5) is 5.95 Å². The van der Waals surface area contributed by atoms with Crippen molar-refractivity contribution in [3.63, 3.8) is 0 Å². The molecule has 1 rings (SSSR count). The quantitative estimate of drug-likeness (QED) is 0.608. The number of aromatic nitrogens is 2. The molecule has 11 heteroatoms. The van der Waals surface area contributed by atoms with E-state index >= 15 is 0 Å². The minimum absolute atomic E-state index is 0.0723. The normalized spacial score (nSPS) is 12.3. The highest BCUT2D eigenvalue weighted by Gasteiger charge is 2.15. The molecule has 1 aromatic heterocycles. The summed E-state index contributed by atoms with van der Waals surface area (Å²) in [5.41, 5.74) is 0.706. The molecule has 0 spiro atoms. The van der Waals surface area contributed by atoms with E-state index in [2.05, 4.69) is 9.97 Å². The summed E-state index contributed by atoms with van der Waals surface area (Å²) in [6.45, 7) is 1.74. The second-order valence-electron chi connectivity index (χ2n) is 3.31. The van der Waals surface area contributed by atoms with Crippen LogP contribution in [0, 0.1) is 6.92 Å². The van der Waals surface area contributed by atoms with Crippen LogP contribution in [-0.2, 0) is 21.3 Å². The van der Waals surface area contributed by atoms with Crippen LogP contribution in [0.2, 0.25) is 5.15 Å². The topological polar surface area (TPSA) is 115 Å². The lowest BCUT2D eigenvalue weighted by molar-refractivity contribution is 0.529. The second-order valence-corrected chi connectivity index (χ2v) is 6.56. The third-order valence-electron chi connectivity index (χ3n) is 1.84. The van der Waals surface area contributed by atoms with Gasteiger partial charge in [-0.3, -0.25) is 8.93 Å². The van der Waals surface area contributed by atoms with Gasteiger partial charge in [0.1, 0.15) is 5.15 Å². The molecule has 110 valence electrons. The van der Waals surface area contributed by atoms with Crippen molar-refractivity contribution in [1.82, 2.24) is 14.7 Å². The maximum Gasteiger partial charge on any atom is 0.240 e. The third kappa shape index (κ3) is 6.78. The molecule has 0 aliphatic carbocycles. The molecule has 0 aliphatic heterocycles. The van der Waals surface area contributed by atoms with E-state index in [0.717, 1.165) is 10.6 Å². The van der Waals surface area contributed by atoms with E-state index in [-0.39, 0.29) is 11.1 Å². The number of halogens is 1. The average Bonchev–Trinajstić information content (AvgIpc) is 2.31. The standard InChI is InChI=1S/C7H10ClN3O2S.CH5NO2S/c1-5-4-9-7(10-6(5)8)11(2)14(3,12)13;1-2-5(3)4/h4H,1-3H3;2H,1H3,(H,3,4)/p-1. The van der Waals surface area contributed by atoms with Gasteiger partial charge in [-0.05, 0) is 14.0 Å². The summed E-state index contributed by atoms with van der Waals surface area (Å²) < 4.78 is 43.7. The highest BCUT2D eigenvalue weighted by Crippen LogP contribution is 2.15. The van der Waals surface area contributed by atoms with Crippen LogP contribution in [0.3, 0.4) is 0 Å². The Morgan fingerprint density at radius 3 is 2.32 bits per heavy atom. The number of rotatable bonds is 3. The number of hydrogen-bond donors (Lipinski definition) is 1. The lowest BCUT2D eigenvalue weighted by Gasteiger charge is -2.14. The predicted molar refractivity (Wildman–Crippen MR) is 73.0 cm³/mol. The minimum Gasteiger partial charge on any atom is -0.760 e. The molecule has 0 saturated carbocycles. The molecule has 1 atom stereocenters. The lowest BCUT2D eigenvalue weighted by atomic mass is 10.4. The van der Waals surface area contributed by atoms with Gasteiger partial charge in [-0.15, -0.1) is 0 Å². The fraction of sp³-hybridized carbons (Fsp3) is 0.500. The molecule has 19 heavy (non-hydrogen) atoms. The largest absolute Gasteiger partial charge is 0.760 e. The Morgan fingerprint density at radius 1 is 1.53 bits per heavy atom. The second kappa shape index (κ2) is 7.70. The summed E-state index contributed by atoms with van der Waals surface area (Å²) in [5, 5.41) is 0.255. The Morgan fingerprint density at radius 2 is 2.00 bits per heavy atom. The van der Waals surface area contributed by atoms with Gasteiger partial charge >= 0.3 is 0 Å². The van der Waals surface area contributed by atoms with Crippen LogP contribution in [-0.4, -0.2) is 47.5 Å². The first-order valence-corrected chi connectivity index (χ1v) is 8.09. The molecule has 0 amide bonds. The van der Waals surface area contributed by atoms with E-state index in [4.69, 9.17) is 11.6 Å². The molecule has 8 nitrogen and oxygen atoms in total. The van der Waals surface area contributed by atoms with E-state index in [9.17, 15) is 17.2 Å². The summed E-state index contributed by atoms with van der Waals surface area (Å²) in [6, 6.07) is 0. The Balaban J connectivity index is 0.000000555. The van der Waals surface area contributed by atoms with E-state index in [0.29, 0.717) is 5.56 Å². The molecular weight excluding hydrogens is 316 g/mol. The Kier molecular flexibility index (Phi) is 7.37. The maximum atomic E-state index is 11.1. The van der Waals surface area contributed by atoms with Crippen molar-refractivity contribution in [2.45, 2.75) is 6.92 Å². The van der Waals surface area contributed by atoms with Gasteiger partial charge in [-0.25, -0.2) is 17.7 Å². The van der Waals surface area contributed by atoms with Gasteiger partial charge in [0.2, 0.25) is 16.0 Å². The SMILES string of the molecule is CNS(=O)[O-].Cc1cnc(N(C)S(C)(=O)=O)nc1Cl. The zero-order valence-electron chi connectivity index (χ0n) is 10.7. The van der Waals surface area contributed by atoms with Crippen LogP contribution >= 0.6 is 11.6 Å². The highest BCUT2D eigenvalue weighted by molar-refractivity contribution is 7.92. The van der Waals surface area contributed by atoms with E-state index in [1.54, 1.807) is 6.92 Å². The first-order valence-electron chi connectivity index (χ1n) is 4.79. The number of hydrogen-bond acceptors (Lipinski definition) is 6. The van der Waals surface area contributed by atoms with Crippen LogP contribution in [0.15, 0.2) is 6.20 Å².